The minimum atomic E-state index is -0.483. The Morgan fingerprint density at radius 2 is 2.10 bits per heavy atom. The third-order valence-corrected chi connectivity index (χ3v) is 3.60. The molecule has 0 atom stereocenters. The number of nitrogens with zero attached hydrogens (tertiary/aromatic N) is 3. The van der Waals surface area contributed by atoms with Gasteiger partial charge in [-0.05, 0) is 18.9 Å². The van der Waals surface area contributed by atoms with Crippen molar-refractivity contribution in [3.63, 3.8) is 0 Å². The molecule has 1 aromatic carbocycles. The lowest BCUT2D eigenvalue weighted by Crippen LogP contribution is -2.20. The molecule has 1 aromatic heterocycles. The van der Waals surface area contributed by atoms with E-state index in [1.807, 2.05) is 0 Å². The first-order valence-electron chi connectivity index (χ1n) is 6.33. The smallest absolute Gasteiger partial charge is 0.294 e. The van der Waals surface area contributed by atoms with E-state index in [9.17, 15) is 14.9 Å². The van der Waals surface area contributed by atoms with Crippen molar-refractivity contribution in [2.45, 2.75) is 18.8 Å². The second-order valence-corrected chi connectivity index (χ2v) is 4.99. The van der Waals surface area contributed by atoms with Crippen molar-refractivity contribution in [2.75, 3.05) is 5.73 Å². The summed E-state index contributed by atoms with van der Waals surface area (Å²) in [5, 5.41) is 10.8. The van der Waals surface area contributed by atoms with Gasteiger partial charge < -0.3 is 5.73 Å². The molecule has 0 bridgehead atoms. The molecule has 7 nitrogen and oxygen atoms in total. The maximum absolute atomic E-state index is 12.3. The zero-order valence-corrected chi connectivity index (χ0v) is 10.9. The minimum absolute atomic E-state index is 0.0536. The lowest BCUT2D eigenvalue weighted by molar-refractivity contribution is -0.384. The third-order valence-electron chi connectivity index (χ3n) is 3.60. The third kappa shape index (κ3) is 1.78. The summed E-state index contributed by atoms with van der Waals surface area (Å²) >= 11 is 0. The van der Waals surface area contributed by atoms with E-state index in [1.165, 1.54) is 16.8 Å². The molecular formula is C13H14N4O3. The molecule has 3 rings (SSSR count). The summed E-state index contributed by atoms with van der Waals surface area (Å²) in [6.07, 6.45) is 2.05. The van der Waals surface area contributed by atoms with E-state index in [1.54, 1.807) is 23.9 Å². The highest BCUT2D eigenvalue weighted by atomic mass is 16.6. The van der Waals surface area contributed by atoms with Gasteiger partial charge in [0.25, 0.3) is 11.2 Å². The maximum Gasteiger partial charge on any atom is 0.294 e. The van der Waals surface area contributed by atoms with Gasteiger partial charge >= 0.3 is 0 Å². The van der Waals surface area contributed by atoms with Crippen LogP contribution >= 0.6 is 0 Å². The summed E-state index contributed by atoms with van der Waals surface area (Å²) in [4.78, 5) is 22.6. The summed E-state index contributed by atoms with van der Waals surface area (Å²) in [6, 6.07) is 5.98. The molecule has 0 aliphatic heterocycles. The van der Waals surface area contributed by atoms with Crippen LogP contribution in [0, 0.1) is 10.1 Å². The fourth-order valence-electron chi connectivity index (χ4n) is 2.51. The largest absolute Gasteiger partial charge is 0.393 e. The molecule has 1 aliphatic rings. The van der Waals surface area contributed by atoms with E-state index >= 15 is 0 Å². The van der Waals surface area contributed by atoms with Crippen LogP contribution in [0.25, 0.3) is 5.69 Å². The van der Waals surface area contributed by atoms with Crippen LogP contribution in [0.2, 0.25) is 0 Å². The first kappa shape index (κ1) is 12.5. The van der Waals surface area contributed by atoms with Crippen molar-refractivity contribution >= 4 is 11.4 Å². The zero-order valence-electron chi connectivity index (χ0n) is 10.9. The highest BCUT2D eigenvalue weighted by molar-refractivity contribution is 5.50. The zero-order chi connectivity index (χ0) is 14.4. The molecule has 7 heteroatoms. The second kappa shape index (κ2) is 4.22. The minimum Gasteiger partial charge on any atom is -0.393 e. The Morgan fingerprint density at radius 1 is 1.40 bits per heavy atom. The number of hydrogen-bond acceptors (Lipinski definition) is 4. The number of aromatic nitrogens is 2. The van der Waals surface area contributed by atoms with Gasteiger partial charge in [-0.2, -0.15) is 0 Å². The summed E-state index contributed by atoms with van der Waals surface area (Å²) in [6.45, 7) is 0. The topological polar surface area (TPSA) is 96.1 Å². The van der Waals surface area contributed by atoms with Crippen LogP contribution in [0.4, 0.5) is 11.4 Å². The molecule has 0 amide bonds. The molecule has 2 N–H and O–H groups in total. The number of nitrogen functional groups attached to an aromatic ring is 1. The molecule has 20 heavy (non-hydrogen) atoms. The van der Waals surface area contributed by atoms with E-state index in [0.29, 0.717) is 11.6 Å². The Balaban J connectivity index is 2.20. The van der Waals surface area contributed by atoms with Crippen molar-refractivity contribution in [3.8, 4) is 5.69 Å². The van der Waals surface area contributed by atoms with Crippen LogP contribution in [-0.2, 0) is 7.05 Å². The van der Waals surface area contributed by atoms with E-state index in [4.69, 9.17) is 5.73 Å². The molecule has 2 aromatic rings. The fraction of sp³-hybridized carbons (Fsp3) is 0.308. The fourth-order valence-corrected chi connectivity index (χ4v) is 2.51. The number of rotatable bonds is 3. The predicted molar refractivity (Wildman–Crippen MR) is 74.1 cm³/mol. The Hall–Kier alpha value is -2.57. The maximum atomic E-state index is 12.3. The number of nitro groups is 1. The van der Waals surface area contributed by atoms with Crippen molar-refractivity contribution in [2.24, 2.45) is 7.05 Å². The first-order chi connectivity index (χ1) is 9.50. The summed E-state index contributed by atoms with van der Waals surface area (Å²) in [5.41, 5.74) is 7.02. The number of non-ortho nitro benzene ring substituents is 1. The van der Waals surface area contributed by atoms with E-state index in [2.05, 4.69) is 0 Å². The summed E-state index contributed by atoms with van der Waals surface area (Å²) in [7, 11) is 1.75. The van der Waals surface area contributed by atoms with Gasteiger partial charge in [0.05, 0.1) is 16.3 Å². The van der Waals surface area contributed by atoms with Gasteiger partial charge in [0.15, 0.2) is 0 Å². The number of benzene rings is 1. The average molecular weight is 274 g/mol. The highest BCUT2D eigenvalue weighted by Gasteiger charge is 2.31. The van der Waals surface area contributed by atoms with Crippen molar-refractivity contribution in [1.82, 2.24) is 9.36 Å². The highest BCUT2D eigenvalue weighted by Crippen LogP contribution is 2.42. The molecule has 0 unspecified atom stereocenters. The number of anilines is 1. The molecule has 104 valence electrons. The molecule has 0 saturated heterocycles. The van der Waals surface area contributed by atoms with Gasteiger partial charge in [-0.3, -0.25) is 19.6 Å². The molecule has 1 heterocycles. The van der Waals surface area contributed by atoms with Crippen LogP contribution in [0.15, 0.2) is 29.1 Å². The van der Waals surface area contributed by atoms with Gasteiger partial charge in [0, 0.05) is 25.1 Å². The lowest BCUT2D eigenvalue weighted by atomic mass is 10.2. The molecule has 1 aliphatic carbocycles. The first-order valence-corrected chi connectivity index (χ1v) is 6.33. The average Bonchev–Trinajstić information content (AvgIpc) is 3.20. The number of hydrogen-bond donors (Lipinski definition) is 1. The quantitative estimate of drug-likeness (QED) is 0.678. The Kier molecular flexibility index (Phi) is 2.63. The van der Waals surface area contributed by atoms with Crippen LogP contribution in [0.3, 0.4) is 0 Å². The molecular weight excluding hydrogens is 260 g/mol. The van der Waals surface area contributed by atoms with Gasteiger partial charge in [-0.1, -0.05) is 6.07 Å². The second-order valence-electron chi connectivity index (χ2n) is 4.99. The SMILES string of the molecule is Cn1c(C2CC2)c(N)c(=O)n1-c1cccc([N+](=O)[O-])c1. The van der Waals surface area contributed by atoms with E-state index < -0.39 is 4.92 Å². The predicted octanol–water partition coefficient (Wildman–Crippen LogP) is 1.54. The molecule has 1 fully saturated rings. The standard InChI is InChI=1S/C13H14N4O3/c1-15-12(8-5-6-8)11(14)13(18)16(15)9-3-2-4-10(7-9)17(19)20/h2-4,7-8H,5-6,14H2,1H3. The normalized spacial score (nSPS) is 14.4. The van der Waals surface area contributed by atoms with Crippen molar-refractivity contribution < 1.29 is 4.92 Å². The lowest BCUT2D eigenvalue weighted by Gasteiger charge is -2.09. The van der Waals surface area contributed by atoms with Gasteiger partial charge in [-0.15, -0.1) is 0 Å². The molecule has 0 spiro atoms. The van der Waals surface area contributed by atoms with Gasteiger partial charge in [0.1, 0.15) is 5.69 Å². The summed E-state index contributed by atoms with van der Waals surface area (Å²) in [5.74, 6) is 0.327. The van der Waals surface area contributed by atoms with Gasteiger partial charge in [-0.25, -0.2) is 4.68 Å². The number of nitro benzene ring substituents is 1. The Morgan fingerprint density at radius 3 is 2.70 bits per heavy atom. The van der Waals surface area contributed by atoms with Crippen LogP contribution in [0.5, 0.6) is 0 Å². The van der Waals surface area contributed by atoms with Crippen molar-refractivity contribution in [3.05, 3.63) is 50.4 Å². The Labute approximate surface area is 114 Å². The number of nitrogens with two attached hydrogens (primary N) is 1. The molecule has 0 radical (unpaired) electrons. The summed E-state index contributed by atoms with van der Waals surface area (Å²) < 4.78 is 3.09. The van der Waals surface area contributed by atoms with Crippen LogP contribution < -0.4 is 11.3 Å². The monoisotopic (exact) mass is 274 g/mol. The van der Waals surface area contributed by atoms with E-state index in [-0.39, 0.29) is 16.9 Å². The van der Waals surface area contributed by atoms with Gasteiger partial charge in [0.2, 0.25) is 0 Å². The molecule has 1 saturated carbocycles. The Bertz CT molecular complexity index is 755. The van der Waals surface area contributed by atoms with Crippen molar-refractivity contribution in [1.29, 1.82) is 0 Å². The van der Waals surface area contributed by atoms with Crippen LogP contribution in [0.1, 0.15) is 24.5 Å². The van der Waals surface area contributed by atoms with E-state index in [0.717, 1.165) is 18.5 Å². The van der Waals surface area contributed by atoms with Crippen LogP contribution in [-0.4, -0.2) is 14.3 Å².